The van der Waals surface area contributed by atoms with Crippen molar-refractivity contribution in [1.82, 2.24) is 5.32 Å². The molecule has 0 bridgehead atoms. The Labute approximate surface area is 101 Å². The number of rotatable bonds is 6. The van der Waals surface area contributed by atoms with Crippen LogP contribution < -0.4 is 5.32 Å². The third kappa shape index (κ3) is 3.86. The van der Waals surface area contributed by atoms with E-state index in [4.69, 9.17) is 0 Å². The Kier molecular flexibility index (Phi) is 5.34. The van der Waals surface area contributed by atoms with E-state index in [0.717, 1.165) is 4.47 Å². The second kappa shape index (κ2) is 6.55. The van der Waals surface area contributed by atoms with Crippen molar-refractivity contribution >= 4 is 21.6 Å². The molecular weight excluding hydrogens is 279 g/mol. The fourth-order valence-electron chi connectivity index (χ4n) is 1.29. The van der Waals surface area contributed by atoms with Gasteiger partial charge in [0, 0.05) is 22.6 Å². The first-order valence-electron chi connectivity index (χ1n) is 4.84. The van der Waals surface area contributed by atoms with Crippen molar-refractivity contribution in [2.45, 2.75) is 13.0 Å². The molecule has 0 saturated carbocycles. The van der Waals surface area contributed by atoms with Crippen LogP contribution in [-0.4, -0.2) is 18.1 Å². The molecule has 0 amide bonds. The zero-order valence-corrected chi connectivity index (χ0v) is 10.2. The third-order valence-electron chi connectivity index (χ3n) is 2.04. The van der Waals surface area contributed by atoms with Crippen LogP contribution in [-0.2, 0) is 6.54 Å². The average Bonchev–Trinajstić information content (AvgIpc) is 2.24. The molecule has 1 N–H and O–H groups in total. The van der Waals surface area contributed by atoms with Crippen LogP contribution >= 0.6 is 15.9 Å². The number of nitro benzene ring substituents is 1. The fourth-order valence-corrected chi connectivity index (χ4v) is 1.70. The molecule has 0 unspecified atom stereocenters. The molecule has 0 saturated heterocycles. The molecule has 16 heavy (non-hydrogen) atoms. The number of hydrogen-bond acceptors (Lipinski definition) is 3. The number of halogens is 2. The Hall–Kier alpha value is -1.01. The van der Waals surface area contributed by atoms with Crippen LogP contribution in [0.5, 0.6) is 0 Å². The van der Waals surface area contributed by atoms with Crippen molar-refractivity contribution in [1.29, 1.82) is 0 Å². The zero-order valence-electron chi connectivity index (χ0n) is 8.58. The summed E-state index contributed by atoms with van der Waals surface area (Å²) in [4.78, 5) is 10.3. The number of hydrogen-bond donors (Lipinski definition) is 1. The van der Waals surface area contributed by atoms with Crippen molar-refractivity contribution in [3.05, 3.63) is 38.3 Å². The third-order valence-corrected chi connectivity index (χ3v) is 2.53. The normalized spacial score (nSPS) is 10.4. The first-order valence-corrected chi connectivity index (χ1v) is 5.64. The minimum atomic E-state index is -0.418. The Morgan fingerprint density at radius 3 is 2.88 bits per heavy atom. The van der Waals surface area contributed by atoms with Crippen LogP contribution in [0.3, 0.4) is 0 Å². The maximum atomic E-state index is 11.8. The lowest BCUT2D eigenvalue weighted by Gasteiger charge is -2.05. The second-order valence-electron chi connectivity index (χ2n) is 3.25. The largest absolute Gasteiger partial charge is 0.312 e. The molecule has 1 aromatic rings. The summed E-state index contributed by atoms with van der Waals surface area (Å²) in [5, 5.41) is 13.7. The molecule has 88 valence electrons. The lowest BCUT2D eigenvalue weighted by Crippen LogP contribution is -2.16. The van der Waals surface area contributed by atoms with Gasteiger partial charge in [-0.1, -0.05) is 15.9 Å². The highest BCUT2D eigenvalue weighted by atomic mass is 79.9. The lowest BCUT2D eigenvalue weighted by atomic mass is 10.2. The zero-order chi connectivity index (χ0) is 12.0. The van der Waals surface area contributed by atoms with Gasteiger partial charge in [-0.2, -0.15) is 0 Å². The summed E-state index contributed by atoms with van der Waals surface area (Å²) < 4.78 is 12.6. The molecule has 0 radical (unpaired) electrons. The van der Waals surface area contributed by atoms with Crippen LogP contribution in [0.1, 0.15) is 12.0 Å². The van der Waals surface area contributed by atoms with Crippen molar-refractivity contribution < 1.29 is 9.31 Å². The highest BCUT2D eigenvalue weighted by Crippen LogP contribution is 2.22. The van der Waals surface area contributed by atoms with Crippen molar-refractivity contribution in [3.8, 4) is 0 Å². The predicted octanol–water partition coefficient (Wildman–Crippen LogP) is 2.81. The summed E-state index contributed by atoms with van der Waals surface area (Å²) in [7, 11) is 0. The average molecular weight is 291 g/mol. The number of nitrogens with one attached hydrogen (secondary N) is 1. The highest BCUT2D eigenvalue weighted by Gasteiger charge is 2.12. The smallest absolute Gasteiger partial charge is 0.273 e. The minimum absolute atomic E-state index is 0.0796. The van der Waals surface area contributed by atoms with Gasteiger partial charge in [0.25, 0.3) is 5.69 Å². The van der Waals surface area contributed by atoms with Gasteiger partial charge in [-0.15, -0.1) is 0 Å². The topological polar surface area (TPSA) is 55.2 Å². The Morgan fingerprint density at radius 2 is 2.25 bits per heavy atom. The molecule has 0 atom stereocenters. The molecule has 6 heteroatoms. The molecule has 1 rings (SSSR count). The first kappa shape index (κ1) is 13.1. The summed E-state index contributed by atoms with van der Waals surface area (Å²) in [5.74, 6) is 0. The summed E-state index contributed by atoms with van der Waals surface area (Å²) in [5.41, 5.74) is 0.675. The lowest BCUT2D eigenvalue weighted by molar-refractivity contribution is -0.385. The maximum Gasteiger partial charge on any atom is 0.273 e. The molecular formula is C10H12BrFN2O2. The van der Waals surface area contributed by atoms with Gasteiger partial charge in [0.15, 0.2) is 0 Å². The summed E-state index contributed by atoms with van der Waals surface area (Å²) in [6.45, 7) is 0.503. The van der Waals surface area contributed by atoms with E-state index in [1.165, 1.54) is 6.07 Å². The van der Waals surface area contributed by atoms with E-state index < -0.39 is 4.92 Å². The predicted molar refractivity (Wildman–Crippen MR) is 63.1 cm³/mol. The van der Waals surface area contributed by atoms with E-state index in [-0.39, 0.29) is 12.4 Å². The van der Waals surface area contributed by atoms with Crippen molar-refractivity contribution in [2.75, 3.05) is 13.2 Å². The summed E-state index contributed by atoms with van der Waals surface area (Å²) in [6.07, 6.45) is 0.418. The van der Waals surface area contributed by atoms with Gasteiger partial charge >= 0.3 is 0 Å². The van der Waals surface area contributed by atoms with Crippen molar-refractivity contribution in [3.63, 3.8) is 0 Å². The minimum Gasteiger partial charge on any atom is -0.312 e. The molecule has 0 heterocycles. The molecule has 0 spiro atoms. The molecule has 0 aliphatic heterocycles. The molecule has 0 aromatic heterocycles. The van der Waals surface area contributed by atoms with E-state index in [2.05, 4.69) is 21.2 Å². The van der Waals surface area contributed by atoms with Gasteiger partial charge in [0.1, 0.15) is 0 Å². The fraction of sp³-hybridized carbons (Fsp3) is 0.400. The SMILES string of the molecule is O=[N+]([O-])c1ccc(Br)cc1CNCCCF. The van der Waals surface area contributed by atoms with E-state index in [0.29, 0.717) is 25.1 Å². The van der Waals surface area contributed by atoms with Gasteiger partial charge < -0.3 is 5.32 Å². The van der Waals surface area contributed by atoms with E-state index in [1.54, 1.807) is 12.1 Å². The monoisotopic (exact) mass is 290 g/mol. The number of benzene rings is 1. The Morgan fingerprint density at radius 1 is 1.50 bits per heavy atom. The summed E-state index contributed by atoms with van der Waals surface area (Å²) in [6, 6.07) is 4.78. The molecule has 0 aliphatic rings. The van der Waals surface area contributed by atoms with Crippen LogP contribution in [0.15, 0.2) is 22.7 Å². The standard InChI is InChI=1S/C10H12BrFN2O2/c11-9-2-3-10(14(15)16)8(6-9)7-13-5-1-4-12/h2-3,6,13H,1,4-5,7H2. The first-order chi connectivity index (χ1) is 7.65. The van der Waals surface area contributed by atoms with Gasteiger partial charge in [-0.25, -0.2) is 0 Å². The van der Waals surface area contributed by atoms with Gasteiger partial charge in [-0.3, -0.25) is 14.5 Å². The van der Waals surface area contributed by atoms with E-state index in [9.17, 15) is 14.5 Å². The van der Waals surface area contributed by atoms with E-state index >= 15 is 0 Å². The number of alkyl halides is 1. The Balaban J connectivity index is 2.68. The number of nitro groups is 1. The molecule has 4 nitrogen and oxygen atoms in total. The van der Waals surface area contributed by atoms with E-state index in [1.807, 2.05) is 0 Å². The second-order valence-corrected chi connectivity index (χ2v) is 4.17. The molecule has 0 fully saturated rings. The van der Waals surface area contributed by atoms with Gasteiger partial charge in [0.2, 0.25) is 0 Å². The van der Waals surface area contributed by atoms with Gasteiger partial charge in [-0.05, 0) is 25.1 Å². The molecule has 0 aliphatic carbocycles. The maximum absolute atomic E-state index is 11.8. The highest BCUT2D eigenvalue weighted by molar-refractivity contribution is 9.10. The van der Waals surface area contributed by atoms with Crippen LogP contribution in [0.2, 0.25) is 0 Å². The van der Waals surface area contributed by atoms with Crippen molar-refractivity contribution in [2.24, 2.45) is 0 Å². The summed E-state index contributed by atoms with van der Waals surface area (Å²) >= 11 is 3.26. The number of nitrogens with zero attached hydrogens (tertiary/aromatic N) is 1. The molecule has 1 aromatic carbocycles. The van der Waals surface area contributed by atoms with Gasteiger partial charge in [0.05, 0.1) is 11.6 Å². The Bertz CT molecular complexity index is 374. The van der Waals surface area contributed by atoms with Crippen LogP contribution in [0.25, 0.3) is 0 Å². The van der Waals surface area contributed by atoms with Crippen LogP contribution in [0, 0.1) is 10.1 Å². The quantitative estimate of drug-likeness (QED) is 0.498. The van der Waals surface area contributed by atoms with Crippen LogP contribution in [0.4, 0.5) is 10.1 Å².